The number of aliphatic hydroxyl groups excluding tert-OH is 1. The monoisotopic (exact) mass is 269 g/mol. The van der Waals surface area contributed by atoms with E-state index in [1.165, 1.54) is 0 Å². The number of anilines is 1. The van der Waals surface area contributed by atoms with Gasteiger partial charge in [0.15, 0.2) is 0 Å². The fourth-order valence-corrected chi connectivity index (χ4v) is 2.29. The van der Waals surface area contributed by atoms with E-state index in [0.29, 0.717) is 17.0 Å². The van der Waals surface area contributed by atoms with Crippen molar-refractivity contribution in [2.75, 3.05) is 11.4 Å². The van der Waals surface area contributed by atoms with Crippen LogP contribution < -0.4 is 4.90 Å². The lowest BCUT2D eigenvalue weighted by Crippen LogP contribution is -2.34. The molecular weight excluding hydrogens is 246 g/mol. The molecule has 0 aliphatic carbocycles. The fraction of sp³-hybridized carbons (Fsp3) is 0.600. The highest BCUT2D eigenvalue weighted by atomic mass is 35.5. The maximum atomic E-state index is 9.56. The average Bonchev–Trinajstić information content (AvgIpc) is 2.25. The Kier molecular flexibility index (Phi) is 5.48. The van der Waals surface area contributed by atoms with E-state index in [1.54, 1.807) is 6.92 Å². The van der Waals surface area contributed by atoms with E-state index < -0.39 is 6.10 Å². The van der Waals surface area contributed by atoms with Gasteiger partial charge in [0.05, 0.1) is 16.8 Å². The third-order valence-electron chi connectivity index (χ3n) is 2.95. The molecule has 0 radical (unpaired) electrons. The minimum atomic E-state index is -0.478. The highest BCUT2D eigenvalue weighted by Crippen LogP contribution is 2.30. The quantitative estimate of drug-likeness (QED) is 0.863. The van der Waals surface area contributed by atoms with Crippen LogP contribution in [0.3, 0.4) is 0 Å². The van der Waals surface area contributed by atoms with Crippen molar-refractivity contribution in [1.82, 2.24) is 0 Å². The zero-order chi connectivity index (χ0) is 13.9. The van der Waals surface area contributed by atoms with Crippen molar-refractivity contribution in [3.63, 3.8) is 0 Å². The van der Waals surface area contributed by atoms with E-state index in [2.05, 4.69) is 32.6 Å². The lowest BCUT2D eigenvalue weighted by Gasteiger charge is -2.31. The number of hydrogen-bond acceptors (Lipinski definition) is 2. The molecule has 0 fully saturated rings. The van der Waals surface area contributed by atoms with Gasteiger partial charge in [-0.3, -0.25) is 0 Å². The van der Waals surface area contributed by atoms with Crippen LogP contribution in [0.5, 0.6) is 0 Å². The summed E-state index contributed by atoms with van der Waals surface area (Å²) in [7, 11) is 0. The predicted molar refractivity (Wildman–Crippen MR) is 79.4 cm³/mol. The van der Waals surface area contributed by atoms with Gasteiger partial charge in [-0.25, -0.2) is 0 Å². The van der Waals surface area contributed by atoms with Crippen molar-refractivity contribution in [2.45, 2.75) is 46.8 Å². The van der Waals surface area contributed by atoms with E-state index in [4.69, 9.17) is 11.6 Å². The first-order chi connectivity index (χ1) is 8.32. The zero-order valence-electron chi connectivity index (χ0n) is 11.9. The lowest BCUT2D eigenvalue weighted by molar-refractivity contribution is 0.199. The van der Waals surface area contributed by atoms with Gasteiger partial charge < -0.3 is 10.0 Å². The van der Waals surface area contributed by atoms with Gasteiger partial charge in [0.25, 0.3) is 0 Å². The van der Waals surface area contributed by atoms with Crippen LogP contribution >= 0.6 is 11.6 Å². The second-order valence-electron chi connectivity index (χ2n) is 5.53. The molecule has 1 aromatic carbocycles. The van der Waals surface area contributed by atoms with Gasteiger partial charge >= 0.3 is 0 Å². The smallest absolute Gasteiger partial charge is 0.0762 e. The second-order valence-corrected chi connectivity index (χ2v) is 5.93. The first-order valence-corrected chi connectivity index (χ1v) is 6.94. The molecule has 1 rings (SSSR count). The summed E-state index contributed by atoms with van der Waals surface area (Å²) in [5.41, 5.74) is 1.90. The first-order valence-electron chi connectivity index (χ1n) is 6.57. The Balaban J connectivity index is 3.05. The van der Waals surface area contributed by atoms with Crippen LogP contribution in [0.4, 0.5) is 5.69 Å². The number of nitrogens with zero attached hydrogens (tertiary/aromatic N) is 1. The Morgan fingerprint density at radius 2 is 1.78 bits per heavy atom. The molecule has 2 nitrogen and oxygen atoms in total. The first kappa shape index (κ1) is 15.3. The topological polar surface area (TPSA) is 23.5 Å². The third-order valence-corrected chi connectivity index (χ3v) is 3.25. The number of benzene rings is 1. The Labute approximate surface area is 116 Å². The molecule has 0 bridgehead atoms. The van der Waals surface area contributed by atoms with Crippen LogP contribution in [0.1, 0.15) is 46.3 Å². The van der Waals surface area contributed by atoms with E-state index in [0.717, 1.165) is 17.8 Å². The van der Waals surface area contributed by atoms with Gasteiger partial charge in [0, 0.05) is 12.6 Å². The Bertz CT molecular complexity index is 388. The average molecular weight is 270 g/mol. The molecule has 0 amide bonds. The van der Waals surface area contributed by atoms with E-state index >= 15 is 0 Å². The molecule has 1 aromatic rings. The normalized spacial score (nSPS) is 13.2. The molecule has 1 atom stereocenters. The molecule has 0 saturated heterocycles. The van der Waals surface area contributed by atoms with Crippen LogP contribution in [0, 0.1) is 5.92 Å². The summed E-state index contributed by atoms with van der Waals surface area (Å²) < 4.78 is 0. The molecule has 0 unspecified atom stereocenters. The molecule has 102 valence electrons. The van der Waals surface area contributed by atoms with Gasteiger partial charge in [-0.2, -0.15) is 0 Å². The van der Waals surface area contributed by atoms with Crippen LogP contribution in [0.25, 0.3) is 0 Å². The predicted octanol–water partition coefficient (Wildman–Crippen LogP) is 4.26. The molecule has 0 saturated carbocycles. The number of aliphatic hydroxyl groups is 1. The van der Waals surface area contributed by atoms with Gasteiger partial charge in [-0.1, -0.05) is 31.5 Å². The van der Waals surface area contributed by atoms with Gasteiger partial charge in [-0.15, -0.1) is 0 Å². The Hall–Kier alpha value is -0.730. The number of halogens is 1. The molecule has 0 heterocycles. The standard InChI is InChI=1S/C15H24ClNO/c1-10(2)9-17(11(3)4)15-7-6-13(12(5)18)8-14(15)16/h6-8,10-12,18H,9H2,1-5H3/t12-/m1/s1. The molecule has 0 spiro atoms. The Morgan fingerprint density at radius 1 is 1.17 bits per heavy atom. The van der Waals surface area contributed by atoms with Crippen molar-refractivity contribution < 1.29 is 5.11 Å². The zero-order valence-corrected chi connectivity index (χ0v) is 12.7. The van der Waals surface area contributed by atoms with E-state index in [-0.39, 0.29) is 0 Å². The van der Waals surface area contributed by atoms with Crippen molar-refractivity contribution in [3.05, 3.63) is 28.8 Å². The van der Waals surface area contributed by atoms with Crippen LogP contribution in [-0.4, -0.2) is 17.7 Å². The largest absolute Gasteiger partial charge is 0.389 e. The molecule has 3 heteroatoms. The van der Waals surface area contributed by atoms with E-state index in [9.17, 15) is 5.11 Å². The third kappa shape index (κ3) is 3.89. The van der Waals surface area contributed by atoms with Crippen molar-refractivity contribution in [1.29, 1.82) is 0 Å². The summed E-state index contributed by atoms with van der Waals surface area (Å²) in [5.74, 6) is 0.583. The summed E-state index contributed by atoms with van der Waals surface area (Å²) in [6.07, 6.45) is -0.478. The molecule has 0 aliphatic heterocycles. The summed E-state index contributed by atoms with van der Waals surface area (Å²) in [4.78, 5) is 2.30. The number of hydrogen-bond donors (Lipinski definition) is 1. The second kappa shape index (κ2) is 6.44. The maximum absolute atomic E-state index is 9.56. The van der Waals surface area contributed by atoms with Gasteiger partial charge in [-0.05, 0) is 44.4 Å². The maximum Gasteiger partial charge on any atom is 0.0762 e. The molecule has 0 aliphatic rings. The molecule has 1 N–H and O–H groups in total. The minimum Gasteiger partial charge on any atom is -0.389 e. The fourth-order valence-electron chi connectivity index (χ4n) is 2.00. The molecular formula is C15H24ClNO. The minimum absolute atomic E-state index is 0.405. The van der Waals surface area contributed by atoms with Crippen molar-refractivity contribution in [3.8, 4) is 0 Å². The molecule has 18 heavy (non-hydrogen) atoms. The Morgan fingerprint density at radius 3 is 2.17 bits per heavy atom. The summed E-state index contributed by atoms with van der Waals surface area (Å²) >= 11 is 6.34. The van der Waals surface area contributed by atoms with Crippen molar-refractivity contribution in [2.24, 2.45) is 5.92 Å². The summed E-state index contributed by atoms with van der Waals surface area (Å²) in [6.45, 7) is 11.5. The SMILES string of the molecule is CC(C)CN(c1ccc([C@@H](C)O)cc1Cl)C(C)C. The highest BCUT2D eigenvalue weighted by molar-refractivity contribution is 6.33. The van der Waals surface area contributed by atoms with E-state index in [1.807, 2.05) is 18.2 Å². The van der Waals surface area contributed by atoms with Crippen LogP contribution in [0.2, 0.25) is 5.02 Å². The highest BCUT2D eigenvalue weighted by Gasteiger charge is 2.16. The van der Waals surface area contributed by atoms with Crippen LogP contribution in [0.15, 0.2) is 18.2 Å². The lowest BCUT2D eigenvalue weighted by atomic mass is 10.1. The summed E-state index contributed by atoms with van der Waals surface area (Å²) in [6, 6.07) is 6.22. The van der Waals surface area contributed by atoms with Crippen LogP contribution in [-0.2, 0) is 0 Å². The summed E-state index contributed by atoms with van der Waals surface area (Å²) in [5, 5.41) is 10.3. The number of rotatable bonds is 5. The molecule has 0 aromatic heterocycles. The van der Waals surface area contributed by atoms with Crippen molar-refractivity contribution >= 4 is 17.3 Å². The van der Waals surface area contributed by atoms with Gasteiger partial charge in [0.2, 0.25) is 0 Å². The van der Waals surface area contributed by atoms with Gasteiger partial charge in [0.1, 0.15) is 0 Å².